The third kappa shape index (κ3) is 3.57. The van der Waals surface area contributed by atoms with Crippen LogP contribution in [0.25, 0.3) is 0 Å². The van der Waals surface area contributed by atoms with Crippen molar-refractivity contribution in [3.63, 3.8) is 0 Å². The summed E-state index contributed by atoms with van der Waals surface area (Å²) < 4.78 is 31.8. The third-order valence-corrected chi connectivity index (χ3v) is 7.16. The number of amides is 1. The highest BCUT2D eigenvalue weighted by atomic mass is 79.9. The van der Waals surface area contributed by atoms with Gasteiger partial charge in [-0.1, -0.05) is 52.3 Å². The molecule has 25 heavy (non-hydrogen) atoms. The Morgan fingerprint density at radius 2 is 1.80 bits per heavy atom. The second-order valence-electron chi connectivity index (χ2n) is 5.89. The molecule has 0 bridgehead atoms. The molecule has 2 atom stereocenters. The molecule has 0 spiro atoms. The monoisotopic (exact) mass is 423 g/mol. The van der Waals surface area contributed by atoms with Crippen LogP contribution in [0.15, 0.2) is 64.0 Å². The van der Waals surface area contributed by atoms with Gasteiger partial charge in [-0.3, -0.25) is 4.90 Å². The molecule has 1 unspecified atom stereocenters. The minimum absolute atomic E-state index is 0.175. The van der Waals surface area contributed by atoms with E-state index in [1.165, 1.54) is 24.0 Å². The standard InChI is InChI=1S/C18H18BrNO4S/c1-13(25(22,23)16-8-3-2-4-9-16)20-15(12-24-18(20)21)11-14-7-5-6-10-17(14)19/h2-10,13,15H,11-12H2,1H3/t13-,15?/m0/s1. The van der Waals surface area contributed by atoms with E-state index in [2.05, 4.69) is 15.9 Å². The number of halogens is 1. The first-order chi connectivity index (χ1) is 11.9. The van der Waals surface area contributed by atoms with Gasteiger partial charge in [-0.15, -0.1) is 0 Å². The molecule has 1 aliphatic rings. The molecule has 0 radical (unpaired) electrons. The molecule has 0 aromatic heterocycles. The van der Waals surface area contributed by atoms with E-state index < -0.39 is 21.3 Å². The van der Waals surface area contributed by atoms with Crippen molar-refractivity contribution >= 4 is 31.9 Å². The van der Waals surface area contributed by atoms with Gasteiger partial charge in [0.25, 0.3) is 0 Å². The van der Waals surface area contributed by atoms with Crippen molar-refractivity contribution in [2.24, 2.45) is 0 Å². The summed E-state index contributed by atoms with van der Waals surface area (Å²) in [5.41, 5.74) is 1.00. The van der Waals surface area contributed by atoms with Crippen molar-refractivity contribution in [2.75, 3.05) is 6.61 Å². The lowest BCUT2D eigenvalue weighted by molar-refractivity contribution is 0.155. The van der Waals surface area contributed by atoms with Crippen LogP contribution in [0.3, 0.4) is 0 Å². The fourth-order valence-corrected chi connectivity index (χ4v) is 4.88. The van der Waals surface area contributed by atoms with Crippen LogP contribution in [0.4, 0.5) is 4.79 Å². The molecule has 7 heteroatoms. The first-order valence-corrected chi connectivity index (χ1v) is 10.2. The molecule has 1 aliphatic heterocycles. The summed E-state index contributed by atoms with van der Waals surface area (Å²) in [6.45, 7) is 1.71. The van der Waals surface area contributed by atoms with Gasteiger partial charge >= 0.3 is 6.09 Å². The van der Waals surface area contributed by atoms with Crippen LogP contribution in [-0.2, 0) is 21.0 Å². The lowest BCUT2D eigenvalue weighted by Gasteiger charge is -2.28. The fraction of sp³-hybridized carbons (Fsp3) is 0.278. The van der Waals surface area contributed by atoms with Crippen molar-refractivity contribution in [2.45, 2.75) is 29.7 Å². The minimum atomic E-state index is -3.68. The second-order valence-corrected chi connectivity index (χ2v) is 8.99. The Balaban J connectivity index is 1.88. The molecule has 1 amide bonds. The van der Waals surface area contributed by atoms with Gasteiger partial charge in [0.1, 0.15) is 12.0 Å². The summed E-state index contributed by atoms with van der Waals surface area (Å²) in [4.78, 5) is 13.7. The Morgan fingerprint density at radius 1 is 1.16 bits per heavy atom. The predicted molar refractivity (Wildman–Crippen MR) is 97.9 cm³/mol. The number of benzene rings is 2. The summed E-state index contributed by atoms with van der Waals surface area (Å²) in [6.07, 6.45) is -0.0778. The fourth-order valence-electron chi connectivity index (χ4n) is 2.95. The maximum Gasteiger partial charge on any atom is 0.411 e. The quantitative estimate of drug-likeness (QED) is 0.736. The van der Waals surface area contributed by atoms with Crippen molar-refractivity contribution in [1.29, 1.82) is 0 Å². The number of sulfone groups is 1. The topological polar surface area (TPSA) is 63.7 Å². The Bertz CT molecular complexity index is 870. The highest BCUT2D eigenvalue weighted by Gasteiger charge is 2.42. The van der Waals surface area contributed by atoms with E-state index in [9.17, 15) is 13.2 Å². The first kappa shape index (κ1) is 17.9. The number of carbonyl (C=O) groups is 1. The molecule has 2 aromatic carbocycles. The van der Waals surface area contributed by atoms with Crippen LogP contribution >= 0.6 is 15.9 Å². The number of carbonyl (C=O) groups excluding carboxylic acids is 1. The molecule has 1 heterocycles. The van der Waals surface area contributed by atoms with Crippen LogP contribution in [0, 0.1) is 0 Å². The lowest BCUT2D eigenvalue weighted by atomic mass is 10.1. The maximum atomic E-state index is 12.9. The van der Waals surface area contributed by atoms with Gasteiger partial charge in [0.05, 0.1) is 10.9 Å². The van der Waals surface area contributed by atoms with E-state index in [4.69, 9.17) is 4.74 Å². The molecule has 0 N–H and O–H groups in total. The van der Waals surface area contributed by atoms with E-state index >= 15 is 0 Å². The van der Waals surface area contributed by atoms with Gasteiger partial charge in [0, 0.05) is 4.47 Å². The highest BCUT2D eigenvalue weighted by molar-refractivity contribution is 9.10. The summed E-state index contributed by atoms with van der Waals surface area (Å²) in [5.74, 6) is 0. The number of nitrogens with zero attached hydrogens (tertiary/aromatic N) is 1. The summed E-state index contributed by atoms with van der Waals surface area (Å²) in [6, 6.07) is 15.5. The van der Waals surface area contributed by atoms with Crippen LogP contribution < -0.4 is 0 Å². The number of ether oxygens (including phenoxy) is 1. The van der Waals surface area contributed by atoms with Crippen LogP contribution in [0.1, 0.15) is 12.5 Å². The Hall–Kier alpha value is -1.86. The van der Waals surface area contributed by atoms with Gasteiger partial charge < -0.3 is 4.74 Å². The van der Waals surface area contributed by atoms with Gasteiger partial charge in [-0.2, -0.15) is 0 Å². The SMILES string of the molecule is C[C@@H](N1C(=O)OCC1Cc1ccccc1Br)S(=O)(=O)c1ccccc1. The van der Waals surface area contributed by atoms with Crippen molar-refractivity contribution in [3.05, 3.63) is 64.6 Å². The van der Waals surface area contributed by atoms with E-state index in [0.717, 1.165) is 10.0 Å². The molecular formula is C18H18BrNO4S. The van der Waals surface area contributed by atoms with Crippen molar-refractivity contribution < 1.29 is 17.9 Å². The van der Waals surface area contributed by atoms with Crippen LogP contribution in [0.2, 0.25) is 0 Å². The maximum absolute atomic E-state index is 12.9. The molecular weight excluding hydrogens is 406 g/mol. The second kappa shape index (κ2) is 7.17. The van der Waals surface area contributed by atoms with Gasteiger partial charge in [-0.05, 0) is 37.1 Å². The van der Waals surface area contributed by atoms with E-state index in [1.807, 2.05) is 24.3 Å². The van der Waals surface area contributed by atoms with Crippen molar-refractivity contribution in [3.8, 4) is 0 Å². The molecule has 2 aromatic rings. The Morgan fingerprint density at radius 3 is 2.48 bits per heavy atom. The molecule has 5 nitrogen and oxygen atoms in total. The third-order valence-electron chi connectivity index (χ3n) is 4.33. The Labute approximate surface area is 155 Å². The smallest absolute Gasteiger partial charge is 0.411 e. The van der Waals surface area contributed by atoms with Crippen LogP contribution in [-0.4, -0.2) is 37.4 Å². The molecule has 0 aliphatic carbocycles. The first-order valence-electron chi connectivity index (χ1n) is 7.88. The van der Waals surface area contributed by atoms with Crippen LogP contribution in [0.5, 0.6) is 0 Å². The highest BCUT2D eigenvalue weighted by Crippen LogP contribution is 2.28. The largest absolute Gasteiger partial charge is 0.447 e. The molecule has 132 valence electrons. The average molecular weight is 424 g/mol. The van der Waals surface area contributed by atoms with Gasteiger partial charge in [0.15, 0.2) is 9.84 Å². The van der Waals surface area contributed by atoms with Crippen molar-refractivity contribution in [1.82, 2.24) is 4.90 Å². The molecule has 3 rings (SSSR count). The molecule has 0 saturated carbocycles. The number of hydrogen-bond acceptors (Lipinski definition) is 4. The summed E-state index contributed by atoms with van der Waals surface area (Å²) in [5, 5.41) is -1.00. The van der Waals surface area contributed by atoms with Gasteiger partial charge in [0.2, 0.25) is 0 Å². The number of cyclic esters (lactones) is 1. The van der Waals surface area contributed by atoms with E-state index in [-0.39, 0.29) is 17.5 Å². The zero-order valence-electron chi connectivity index (χ0n) is 13.6. The zero-order chi connectivity index (χ0) is 18.0. The predicted octanol–water partition coefficient (Wildman–Crippen LogP) is 3.63. The van der Waals surface area contributed by atoms with E-state index in [0.29, 0.717) is 6.42 Å². The summed E-state index contributed by atoms with van der Waals surface area (Å²) >= 11 is 3.49. The Kier molecular flexibility index (Phi) is 5.15. The zero-order valence-corrected chi connectivity index (χ0v) is 16.0. The molecule has 1 fully saturated rings. The molecule has 1 saturated heterocycles. The average Bonchev–Trinajstić information content (AvgIpc) is 2.97. The number of rotatable bonds is 5. The van der Waals surface area contributed by atoms with Gasteiger partial charge in [-0.25, -0.2) is 13.2 Å². The normalized spacial score (nSPS) is 18.9. The lowest BCUT2D eigenvalue weighted by Crippen LogP contribution is -2.45. The van der Waals surface area contributed by atoms with E-state index in [1.54, 1.807) is 18.2 Å². The minimum Gasteiger partial charge on any atom is -0.447 e. The number of hydrogen-bond donors (Lipinski definition) is 0. The summed E-state index contributed by atoms with van der Waals surface area (Å²) in [7, 11) is -3.68.